The summed E-state index contributed by atoms with van der Waals surface area (Å²) >= 11 is 3.33. The van der Waals surface area contributed by atoms with E-state index >= 15 is 0 Å². The number of carbonyl (C=O) groups excluding carboxylic acids is 1. The van der Waals surface area contributed by atoms with Gasteiger partial charge in [-0.05, 0) is 68.2 Å². The van der Waals surface area contributed by atoms with Crippen LogP contribution in [0.25, 0.3) is 0 Å². The van der Waals surface area contributed by atoms with Crippen molar-refractivity contribution in [2.75, 3.05) is 18.8 Å². The van der Waals surface area contributed by atoms with Crippen molar-refractivity contribution in [3.05, 3.63) is 28.7 Å². The van der Waals surface area contributed by atoms with Crippen LogP contribution in [0.4, 0.5) is 8.78 Å². The second-order valence-corrected chi connectivity index (χ2v) is 12.0. The van der Waals surface area contributed by atoms with E-state index in [4.69, 9.17) is 0 Å². The van der Waals surface area contributed by atoms with Gasteiger partial charge in [0.2, 0.25) is 5.91 Å². The van der Waals surface area contributed by atoms with Crippen molar-refractivity contribution >= 4 is 31.7 Å². The average Bonchev–Trinajstić information content (AvgIpc) is 2.68. The molecule has 160 valence electrons. The molecule has 4 nitrogen and oxygen atoms in total. The molecule has 0 N–H and O–H groups in total. The van der Waals surface area contributed by atoms with Crippen molar-refractivity contribution < 1.29 is 22.0 Å². The lowest BCUT2D eigenvalue weighted by Crippen LogP contribution is -2.55. The number of nitrogens with zero attached hydrogens (tertiary/aromatic N) is 1. The molecule has 1 aliphatic heterocycles. The predicted molar refractivity (Wildman–Crippen MR) is 110 cm³/mol. The maximum absolute atomic E-state index is 13.4. The van der Waals surface area contributed by atoms with Crippen LogP contribution in [0, 0.1) is 10.8 Å². The van der Waals surface area contributed by atoms with Gasteiger partial charge in [-0.1, -0.05) is 15.9 Å². The number of likely N-dealkylation sites (tertiary alicyclic amines) is 1. The van der Waals surface area contributed by atoms with E-state index in [0.29, 0.717) is 43.4 Å². The highest BCUT2D eigenvalue weighted by molar-refractivity contribution is 9.10. The zero-order valence-electron chi connectivity index (χ0n) is 16.3. The summed E-state index contributed by atoms with van der Waals surface area (Å²) in [6.45, 7) is 0.243. The summed E-state index contributed by atoms with van der Waals surface area (Å²) in [6, 6.07) is 6.72. The number of benzene rings is 1. The molecule has 4 fully saturated rings. The fourth-order valence-electron chi connectivity index (χ4n) is 5.30. The molecule has 1 saturated heterocycles. The van der Waals surface area contributed by atoms with Crippen LogP contribution >= 0.6 is 15.9 Å². The third-order valence-corrected chi connectivity index (χ3v) is 9.82. The minimum atomic E-state index is -3.40. The van der Waals surface area contributed by atoms with E-state index in [2.05, 4.69) is 15.9 Å². The Bertz CT molecular complexity index is 866. The number of amides is 1. The molecular weight excluding hydrogens is 464 g/mol. The van der Waals surface area contributed by atoms with Gasteiger partial charge in [0.15, 0.2) is 9.84 Å². The Balaban J connectivity index is 1.43. The van der Waals surface area contributed by atoms with Crippen molar-refractivity contribution in [1.29, 1.82) is 0 Å². The Morgan fingerprint density at radius 3 is 1.97 bits per heavy atom. The first-order valence-corrected chi connectivity index (χ1v) is 12.7. The van der Waals surface area contributed by atoms with E-state index in [9.17, 15) is 22.0 Å². The summed E-state index contributed by atoms with van der Waals surface area (Å²) in [6.07, 6.45) is 3.58. The van der Waals surface area contributed by atoms with Gasteiger partial charge in [0.05, 0.1) is 10.6 Å². The highest BCUT2D eigenvalue weighted by Gasteiger charge is 2.55. The Labute approximate surface area is 179 Å². The van der Waals surface area contributed by atoms with Crippen molar-refractivity contribution in [3.8, 4) is 0 Å². The molecule has 8 heteroatoms. The molecule has 29 heavy (non-hydrogen) atoms. The SMILES string of the molecule is O=C(N1CCC(F)(F)CC1)C12CCC(CS(=O)(=O)c3ccc(Br)cc3)(CC1)CC2. The maximum Gasteiger partial charge on any atom is 0.251 e. The summed E-state index contributed by atoms with van der Waals surface area (Å²) in [5, 5.41) is 0. The second kappa shape index (κ2) is 7.29. The monoisotopic (exact) mass is 489 g/mol. The lowest BCUT2D eigenvalue weighted by molar-refractivity contribution is -0.156. The van der Waals surface area contributed by atoms with Crippen LogP contribution in [0.5, 0.6) is 0 Å². The van der Waals surface area contributed by atoms with Crippen molar-refractivity contribution in [2.24, 2.45) is 10.8 Å². The largest absolute Gasteiger partial charge is 0.342 e. The highest BCUT2D eigenvalue weighted by atomic mass is 79.9. The Morgan fingerprint density at radius 1 is 0.931 bits per heavy atom. The topological polar surface area (TPSA) is 54.5 Å². The molecule has 1 amide bonds. The Hall–Kier alpha value is -1.02. The zero-order valence-corrected chi connectivity index (χ0v) is 18.7. The van der Waals surface area contributed by atoms with Crippen LogP contribution < -0.4 is 0 Å². The number of hydrogen-bond acceptors (Lipinski definition) is 3. The van der Waals surface area contributed by atoms with E-state index in [1.165, 1.54) is 0 Å². The molecule has 0 spiro atoms. The lowest BCUT2D eigenvalue weighted by Gasteiger charge is -2.53. The van der Waals surface area contributed by atoms with E-state index in [1.54, 1.807) is 29.2 Å². The van der Waals surface area contributed by atoms with E-state index in [1.807, 2.05) is 0 Å². The molecule has 5 rings (SSSR count). The van der Waals surface area contributed by atoms with Crippen molar-refractivity contribution in [2.45, 2.75) is 62.2 Å². The molecule has 2 bridgehead atoms. The molecule has 0 unspecified atom stereocenters. The van der Waals surface area contributed by atoms with Gasteiger partial charge in [0.25, 0.3) is 5.92 Å². The quantitative estimate of drug-likeness (QED) is 0.608. The number of rotatable bonds is 4. The first kappa shape index (κ1) is 21.2. The third kappa shape index (κ3) is 4.11. The van der Waals surface area contributed by atoms with Crippen LogP contribution in [0.1, 0.15) is 51.4 Å². The fraction of sp³-hybridized carbons (Fsp3) is 0.667. The van der Waals surface area contributed by atoms with Crippen LogP contribution in [0.3, 0.4) is 0 Å². The summed E-state index contributed by atoms with van der Waals surface area (Å²) < 4.78 is 53.6. The molecule has 3 aliphatic carbocycles. The number of halogens is 3. The molecule has 1 heterocycles. The molecule has 3 saturated carbocycles. The van der Waals surface area contributed by atoms with Gasteiger partial charge in [-0.15, -0.1) is 0 Å². The number of carbonyl (C=O) groups is 1. The van der Waals surface area contributed by atoms with Crippen molar-refractivity contribution in [3.63, 3.8) is 0 Å². The summed E-state index contributed by atoms with van der Waals surface area (Å²) in [5.41, 5.74) is -0.751. The van der Waals surface area contributed by atoms with Crippen molar-refractivity contribution in [1.82, 2.24) is 4.90 Å². The summed E-state index contributed by atoms with van der Waals surface area (Å²) in [7, 11) is -3.40. The minimum Gasteiger partial charge on any atom is -0.342 e. The number of hydrogen-bond donors (Lipinski definition) is 0. The van der Waals surface area contributed by atoms with E-state index < -0.39 is 21.2 Å². The smallest absolute Gasteiger partial charge is 0.251 e. The van der Waals surface area contributed by atoms with Gasteiger partial charge in [-0.3, -0.25) is 4.79 Å². The highest BCUT2D eigenvalue weighted by Crippen LogP contribution is 2.58. The molecule has 0 atom stereocenters. The normalized spacial score (nSPS) is 31.6. The van der Waals surface area contributed by atoms with Gasteiger partial charge in [0, 0.05) is 35.8 Å². The molecular formula is C21H26BrF2NO3S. The lowest BCUT2D eigenvalue weighted by atomic mass is 9.54. The molecule has 4 aliphatic rings. The van der Waals surface area contributed by atoms with E-state index in [-0.39, 0.29) is 43.0 Å². The first-order chi connectivity index (χ1) is 13.6. The molecule has 1 aromatic rings. The Kier molecular flexibility index (Phi) is 5.33. The van der Waals surface area contributed by atoms with Crippen LogP contribution in [0.2, 0.25) is 0 Å². The summed E-state index contributed by atoms with van der Waals surface area (Å²) in [4.78, 5) is 15.1. The average molecular weight is 490 g/mol. The maximum atomic E-state index is 13.4. The second-order valence-electron chi connectivity index (χ2n) is 9.14. The van der Waals surface area contributed by atoms with Crippen LogP contribution in [-0.4, -0.2) is 44.0 Å². The first-order valence-electron chi connectivity index (χ1n) is 10.2. The standard InChI is InChI=1S/C21H26BrF2NO3S/c22-16-1-3-17(4-2-16)29(27,28)15-19-5-8-20(9-6-19,10-7-19)18(26)25-13-11-21(23,24)12-14-25/h1-4H,5-15H2. The minimum absolute atomic E-state index is 0.0112. The van der Waals surface area contributed by atoms with Gasteiger partial charge in [0.1, 0.15) is 0 Å². The number of piperidine rings is 1. The van der Waals surface area contributed by atoms with Crippen LogP contribution in [0.15, 0.2) is 33.6 Å². The number of fused-ring (bicyclic) bond motifs is 3. The predicted octanol–water partition coefficient (Wildman–Crippen LogP) is 4.82. The van der Waals surface area contributed by atoms with Gasteiger partial charge in [-0.25, -0.2) is 17.2 Å². The zero-order chi connectivity index (χ0) is 20.9. The Morgan fingerprint density at radius 2 is 1.45 bits per heavy atom. The fourth-order valence-corrected chi connectivity index (χ4v) is 7.52. The van der Waals surface area contributed by atoms with Gasteiger partial charge >= 0.3 is 0 Å². The van der Waals surface area contributed by atoms with Gasteiger partial charge < -0.3 is 4.90 Å². The van der Waals surface area contributed by atoms with Gasteiger partial charge in [-0.2, -0.15) is 0 Å². The number of alkyl halides is 2. The molecule has 0 radical (unpaired) electrons. The summed E-state index contributed by atoms with van der Waals surface area (Å²) in [5.74, 6) is -2.54. The van der Waals surface area contributed by atoms with Crippen LogP contribution in [-0.2, 0) is 14.6 Å². The number of sulfone groups is 1. The van der Waals surface area contributed by atoms with E-state index in [0.717, 1.165) is 4.47 Å². The molecule has 0 aromatic heterocycles. The third-order valence-electron chi connectivity index (χ3n) is 7.31. The molecule has 1 aromatic carbocycles.